The fourth-order valence-electron chi connectivity index (χ4n) is 2.87. The number of benzene rings is 2. The third-order valence-electron chi connectivity index (χ3n) is 4.55. The van der Waals surface area contributed by atoms with Gasteiger partial charge in [0.05, 0.1) is 10.2 Å². The fraction of sp³-hybridized carbons (Fsp3) is 0.250. The number of hydrogen-bond acceptors (Lipinski definition) is 4. The smallest absolute Gasteiger partial charge is 0.255 e. The van der Waals surface area contributed by atoms with Gasteiger partial charge in [0.1, 0.15) is 0 Å². The Morgan fingerprint density at radius 2 is 1.81 bits per heavy atom. The Balaban J connectivity index is 1.56. The maximum atomic E-state index is 12.6. The van der Waals surface area contributed by atoms with Crippen molar-refractivity contribution in [2.75, 3.05) is 10.6 Å². The van der Waals surface area contributed by atoms with Crippen LogP contribution in [0.15, 0.2) is 36.4 Å². The second kappa shape index (κ2) is 6.53. The minimum atomic E-state index is -0.152. The second-order valence-electron chi connectivity index (χ2n) is 6.69. The van der Waals surface area contributed by atoms with E-state index in [0.29, 0.717) is 10.7 Å². The first-order chi connectivity index (χ1) is 12.5. The highest BCUT2D eigenvalue weighted by Gasteiger charge is 2.30. The van der Waals surface area contributed by atoms with Crippen LogP contribution in [-0.2, 0) is 4.79 Å². The minimum Gasteiger partial charge on any atom is -0.322 e. The Bertz CT molecular complexity index is 1000. The molecule has 3 aromatic rings. The molecular formula is C20H19N3O2S. The van der Waals surface area contributed by atoms with Gasteiger partial charge in [-0.3, -0.25) is 9.59 Å². The van der Waals surface area contributed by atoms with E-state index in [1.807, 2.05) is 44.2 Å². The van der Waals surface area contributed by atoms with E-state index in [-0.39, 0.29) is 17.7 Å². The first-order valence-electron chi connectivity index (χ1n) is 8.60. The summed E-state index contributed by atoms with van der Waals surface area (Å²) in [5.74, 6) is 0.0269. The van der Waals surface area contributed by atoms with Gasteiger partial charge in [-0.1, -0.05) is 29.5 Å². The number of thiazole rings is 1. The summed E-state index contributed by atoms with van der Waals surface area (Å²) in [7, 11) is 0. The van der Waals surface area contributed by atoms with Gasteiger partial charge in [-0.2, -0.15) is 0 Å². The highest BCUT2D eigenvalue weighted by molar-refractivity contribution is 7.22. The number of carbonyl (C=O) groups is 2. The molecule has 0 spiro atoms. The maximum Gasteiger partial charge on any atom is 0.255 e. The number of nitrogens with zero attached hydrogens (tertiary/aromatic N) is 1. The molecule has 1 aromatic heterocycles. The lowest BCUT2D eigenvalue weighted by atomic mass is 10.1. The Hall–Kier alpha value is -2.73. The molecule has 132 valence electrons. The first-order valence-corrected chi connectivity index (χ1v) is 9.42. The molecule has 26 heavy (non-hydrogen) atoms. The van der Waals surface area contributed by atoms with Gasteiger partial charge < -0.3 is 10.6 Å². The van der Waals surface area contributed by atoms with E-state index in [1.165, 1.54) is 11.3 Å². The summed E-state index contributed by atoms with van der Waals surface area (Å²) < 4.78 is 0.880. The summed E-state index contributed by atoms with van der Waals surface area (Å²) in [5.41, 5.74) is 4.26. The quantitative estimate of drug-likeness (QED) is 0.714. The van der Waals surface area contributed by atoms with Crippen molar-refractivity contribution in [3.63, 3.8) is 0 Å². The highest BCUT2D eigenvalue weighted by atomic mass is 32.1. The molecule has 0 unspecified atom stereocenters. The SMILES string of the molecule is Cc1cccc(C)c1NC(=O)c1ccc2nc(NC(=O)C3CC3)sc2c1. The zero-order valence-electron chi connectivity index (χ0n) is 14.6. The van der Waals surface area contributed by atoms with Gasteiger partial charge in [0.15, 0.2) is 5.13 Å². The number of para-hydroxylation sites is 1. The van der Waals surface area contributed by atoms with Gasteiger partial charge in [0, 0.05) is 17.2 Å². The molecule has 2 amide bonds. The normalized spacial score (nSPS) is 13.6. The average molecular weight is 365 g/mol. The summed E-state index contributed by atoms with van der Waals surface area (Å²) >= 11 is 1.39. The molecule has 0 atom stereocenters. The predicted molar refractivity (Wildman–Crippen MR) is 105 cm³/mol. The molecule has 5 nitrogen and oxygen atoms in total. The van der Waals surface area contributed by atoms with E-state index in [0.717, 1.165) is 39.9 Å². The number of amides is 2. The Morgan fingerprint density at radius 1 is 1.08 bits per heavy atom. The van der Waals surface area contributed by atoms with Gasteiger partial charge in [-0.25, -0.2) is 4.98 Å². The molecule has 1 saturated carbocycles. The molecule has 4 rings (SSSR count). The number of rotatable bonds is 4. The van der Waals surface area contributed by atoms with Crippen LogP contribution in [-0.4, -0.2) is 16.8 Å². The van der Waals surface area contributed by atoms with Crippen LogP contribution < -0.4 is 10.6 Å². The molecule has 0 aliphatic heterocycles. The van der Waals surface area contributed by atoms with Crippen LogP contribution in [0.2, 0.25) is 0 Å². The van der Waals surface area contributed by atoms with Crippen LogP contribution in [0, 0.1) is 19.8 Å². The van der Waals surface area contributed by atoms with Crippen LogP contribution >= 0.6 is 11.3 Å². The van der Waals surface area contributed by atoms with E-state index < -0.39 is 0 Å². The van der Waals surface area contributed by atoms with Gasteiger partial charge in [-0.15, -0.1) is 0 Å². The van der Waals surface area contributed by atoms with Crippen molar-refractivity contribution in [1.29, 1.82) is 0 Å². The number of aromatic nitrogens is 1. The van der Waals surface area contributed by atoms with E-state index in [1.54, 1.807) is 6.07 Å². The molecule has 2 aromatic carbocycles. The molecule has 0 bridgehead atoms. The number of nitrogens with one attached hydrogen (secondary N) is 2. The van der Waals surface area contributed by atoms with Crippen molar-refractivity contribution in [2.45, 2.75) is 26.7 Å². The van der Waals surface area contributed by atoms with Crippen LogP contribution in [0.5, 0.6) is 0 Å². The summed E-state index contributed by atoms with van der Waals surface area (Å²) in [6.07, 6.45) is 1.92. The average Bonchev–Trinajstić information content (AvgIpc) is 3.38. The Labute approximate surface area is 155 Å². The number of aryl methyl sites for hydroxylation is 2. The molecule has 1 heterocycles. The molecule has 6 heteroatoms. The van der Waals surface area contributed by atoms with Crippen LogP contribution in [0.3, 0.4) is 0 Å². The Kier molecular flexibility index (Phi) is 4.20. The van der Waals surface area contributed by atoms with Crippen molar-refractivity contribution in [2.24, 2.45) is 5.92 Å². The van der Waals surface area contributed by atoms with Crippen molar-refractivity contribution >= 4 is 44.2 Å². The van der Waals surface area contributed by atoms with E-state index >= 15 is 0 Å². The van der Waals surface area contributed by atoms with Crippen LogP contribution in [0.4, 0.5) is 10.8 Å². The summed E-state index contributed by atoms with van der Waals surface area (Å²) in [5, 5.41) is 6.45. The third-order valence-corrected chi connectivity index (χ3v) is 5.48. The second-order valence-corrected chi connectivity index (χ2v) is 7.72. The Morgan fingerprint density at radius 3 is 2.50 bits per heavy atom. The fourth-order valence-corrected chi connectivity index (χ4v) is 3.78. The number of anilines is 2. The molecule has 0 saturated heterocycles. The van der Waals surface area contributed by atoms with Crippen LogP contribution in [0.25, 0.3) is 10.2 Å². The molecule has 2 N–H and O–H groups in total. The van der Waals surface area contributed by atoms with Gasteiger partial charge in [-0.05, 0) is 56.0 Å². The molecular weight excluding hydrogens is 346 g/mol. The largest absolute Gasteiger partial charge is 0.322 e. The van der Waals surface area contributed by atoms with E-state index in [2.05, 4.69) is 15.6 Å². The van der Waals surface area contributed by atoms with Crippen LogP contribution in [0.1, 0.15) is 34.3 Å². The van der Waals surface area contributed by atoms with Gasteiger partial charge >= 0.3 is 0 Å². The first kappa shape index (κ1) is 16.7. The maximum absolute atomic E-state index is 12.6. The third kappa shape index (κ3) is 3.32. The lowest BCUT2D eigenvalue weighted by molar-refractivity contribution is -0.117. The predicted octanol–water partition coefficient (Wildman–Crippen LogP) is 4.51. The van der Waals surface area contributed by atoms with Crippen molar-refractivity contribution in [3.05, 3.63) is 53.1 Å². The lowest BCUT2D eigenvalue weighted by Crippen LogP contribution is -2.13. The molecule has 1 fully saturated rings. The minimum absolute atomic E-state index is 0.0389. The summed E-state index contributed by atoms with van der Waals surface area (Å²) in [4.78, 5) is 29.0. The molecule has 0 radical (unpaired) electrons. The zero-order valence-corrected chi connectivity index (χ0v) is 15.4. The number of carbonyl (C=O) groups excluding carboxylic acids is 2. The summed E-state index contributed by atoms with van der Waals surface area (Å²) in [6.45, 7) is 3.95. The summed E-state index contributed by atoms with van der Waals surface area (Å²) in [6, 6.07) is 11.3. The monoisotopic (exact) mass is 365 g/mol. The topological polar surface area (TPSA) is 71.1 Å². The zero-order chi connectivity index (χ0) is 18.3. The standard InChI is InChI=1S/C20H19N3O2S/c1-11-4-3-5-12(2)17(11)22-19(25)14-8-9-15-16(10-14)26-20(21-15)23-18(24)13-6-7-13/h3-5,8-10,13H,6-7H2,1-2H3,(H,22,25)(H,21,23,24). The molecule has 1 aliphatic rings. The van der Waals surface area contributed by atoms with E-state index in [9.17, 15) is 9.59 Å². The van der Waals surface area contributed by atoms with Gasteiger partial charge in [0.25, 0.3) is 5.91 Å². The molecule has 1 aliphatic carbocycles. The van der Waals surface area contributed by atoms with Crippen molar-refractivity contribution in [3.8, 4) is 0 Å². The number of fused-ring (bicyclic) bond motifs is 1. The van der Waals surface area contributed by atoms with Gasteiger partial charge in [0.2, 0.25) is 5.91 Å². The highest BCUT2D eigenvalue weighted by Crippen LogP contribution is 2.32. The number of hydrogen-bond donors (Lipinski definition) is 2. The van der Waals surface area contributed by atoms with Crippen molar-refractivity contribution in [1.82, 2.24) is 4.98 Å². The van der Waals surface area contributed by atoms with E-state index in [4.69, 9.17) is 0 Å². The van der Waals surface area contributed by atoms with Crippen molar-refractivity contribution < 1.29 is 9.59 Å². The lowest BCUT2D eigenvalue weighted by Gasteiger charge is -2.11.